The topological polar surface area (TPSA) is 98.5 Å². The summed E-state index contributed by atoms with van der Waals surface area (Å²) in [5.74, 6) is 0.502. The first kappa shape index (κ1) is 14.5. The summed E-state index contributed by atoms with van der Waals surface area (Å²) >= 11 is 0. The largest absolute Gasteiger partial charge is 0.338 e. The molecule has 2 aromatic heterocycles. The molecule has 0 radical (unpaired) electrons. The molecule has 1 fully saturated rings. The van der Waals surface area contributed by atoms with Crippen LogP contribution in [0.2, 0.25) is 0 Å². The van der Waals surface area contributed by atoms with E-state index in [9.17, 15) is 10.1 Å². The number of aromatic amines is 1. The van der Waals surface area contributed by atoms with Crippen LogP contribution in [-0.4, -0.2) is 27.9 Å². The molecule has 1 saturated heterocycles. The zero-order valence-electron chi connectivity index (χ0n) is 12.9. The highest BCUT2D eigenvalue weighted by Crippen LogP contribution is 2.32. The van der Waals surface area contributed by atoms with Gasteiger partial charge in [0.1, 0.15) is 10.9 Å². The van der Waals surface area contributed by atoms with Gasteiger partial charge in [0.15, 0.2) is 5.82 Å². The van der Waals surface area contributed by atoms with E-state index in [1.807, 2.05) is 41.1 Å². The Kier molecular flexibility index (Phi) is 3.32. The fraction of sp³-hybridized carbons (Fsp3) is 0.235. The first-order chi connectivity index (χ1) is 11.7. The van der Waals surface area contributed by atoms with Gasteiger partial charge in [-0.25, -0.2) is 0 Å². The first-order valence-corrected chi connectivity index (χ1v) is 7.74. The van der Waals surface area contributed by atoms with Gasteiger partial charge < -0.3 is 15.6 Å². The van der Waals surface area contributed by atoms with Crippen LogP contribution in [0.5, 0.6) is 0 Å². The summed E-state index contributed by atoms with van der Waals surface area (Å²) in [6.45, 7) is 1.32. The number of nitrogens with zero attached hydrogens (tertiary/aromatic N) is 3. The number of rotatable bonds is 4. The number of nitriles is 1. The maximum absolute atomic E-state index is 12.4. The van der Waals surface area contributed by atoms with Crippen molar-refractivity contribution >= 4 is 22.4 Å². The van der Waals surface area contributed by atoms with Crippen LogP contribution in [-0.2, 0) is 5.54 Å². The van der Waals surface area contributed by atoms with Crippen molar-refractivity contribution in [3.63, 3.8) is 0 Å². The molecule has 0 aliphatic carbocycles. The van der Waals surface area contributed by atoms with Crippen LogP contribution in [0, 0.1) is 11.3 Å². The van der Waals surface area contributed by atoms with E-state index in [4.69, 9.17) is 0 Å². The third-order valence-corrected chi connectivity index (χ3v) is 4.41. The highest BCUT2D eigenvalue weighted by molar-refractivity contribution is 5.91. The van der Waals surface area contributed by atoms with Crippen molar-refractivity contribution in [1.82, 2.24) is 20.1 Å². The fourth-order valence-corrected chi connectivity index (χ4v) is 3.10. The van der Waals surface area contributed by atoms with Crippen molar-refractivity contribution in [2.24, 2.45) is 0 Å². The molecule has 0 bridgehead atoms. The van der Waals surface area contributed by atoms with E-state index in [1.165, 1.54) is 0 Å². The summed E-state index contributed by atoms with van der Waals surface area (Å²) in [5.41, 5.74) is 0.982. The standard InChI is InChI=1S/C17H16N6O/c18-8-7-17(10-19-11-17)23-13-6-9-20-16(24)14(13)15(22-23)21-12-4-2-1-3-5-12/h1-6,9,19H,7,10-11H2,(H,20,24)(H,21,22). The molecule has 0 spiro atoms. The third kappa shape index (κ3) is 2.16. The molecule has 24 heavy (non-hydrogen) atoms. The van der Waals surface area contributed by atoms with Crippen molar-refractivity contribution in [2.45, 2.75) is 12.0 Å². The van der Waals surface area contributed by atoms with Crippen molar-refractivity contribution in [3.05, 3.63) is 52.9 Å². The van der Waals surface area contributed by atoms with E-state index in [0.29, 0.717) is 30.7 Å². The van der Waals surface area contributed by atoms with E-state index >= 15 is 0 Å². The van der Waals surface area contributed by atoms with Crippen LogP contribution in [0.3, 0.4) is 0 Å². The lowest BCUT2D eigenvalue weighted by atomic mass is 9.89. The molecule has 7 heteroatoms. The van der Waals surface area contributed by atoms with Crippen LogP contribution in [0.1, 0.15) is 6.42 Å². The summed E-state index contributed by atoms with van der Waals surface area (Å²) in [6.07, 6.45) is 1.95. The predicted molar refractivity (Wildman–Crippen MR) is 91.2 cm³/mol. The number of hydrogen-bond acceptors (Lipinski definition) is 5. The van der Waals surface area contributed by atoms with Gasteiger partial charge in [-0.05, 0) is 18.2 Å². The highest BCUT2D eigenvalue weighted by Gasteiger charge is 2.41. The minimum atomic E-state index is -0.405. The second-order valence-electron chi connectivity index (χ2n) is 5.98. The number of nitrogens with one attached hydrogen (secondary N) is 3. The second kappa shape index (κ2) is 5.51. The number of H-pyrrole nitrogens is 1. The summed E-state index contributed by atoms with van der Waals surface area (Å²) in [6, 6.07) is 13.7. The Bertz CT molecular complexity index is 978. The van der Waals surface area contributed by atoms with Crippen LogP contribution >= 0.6 is 0 Å². The molecular formula is C17H16N6O. The molecule has 1 aliphatic rings. The number of hydrogen-bond donors (Lipinski definition) is 3. The molecule has 0 saturated carbocycles. The van der Waals surface area contributed by atoms with Gasteiger partial charge in [0, 0.05) is 25.0 Å². The highest BCUT2D eigenvalue weighted by atomic mass is 16.1. The number of pyridine rings is 1. The molecule has 3 N–H and O–H groups in total. The van der Waals surface area contributed by atoms with Crippen LogP contribution in [0.25, 0.3) is 10.9 Å². The molecule has 3 heterocycles. The monoisotopic (exact) mass is 320 g/mol. The van der Waals surface area contributed by atoms with E-state index in [-0.39, 0.29) is 5.56 Å². The van der Waals surface area contributed by atoms with Gasteiger partial charge in [0.05, 0.1) is 18.0 Å². The van der Waals surface area contributed by atoms with Gasteiger partial charge in [0.2, 0.25) is 0 Å². The average Bonchev–Trinajstić information content (AvgIpc) is 2.92. The first-order valence-electron chi connectivity index (χ1n) is 7.74. The normalized spacial score (nSPS) is 15.6. The third-order valence-electron chi connectivity index (χ3n) is 4.41. The second-order valence-corrected chi connectivity index (χ2v) is 5.98. The van der Waals surface area contributed by atoms with Crippen LogP contribution < -0.4 is 16.2 Å². The molecule has 7 nitrogen and oxygen atoms in total. The molecule has 3 aromatic rings. The van der Waals surface area contributed by atoms with E-state index in [2.05, 4.69) is 26.8 Å². The molecular weight excluding hydrogens is 304 g/mol. The molecule has 1 aromatic carbocycles. The number of fused-ring (bicyclic) bond motifs is 1. The smallest absolute Gasteiger partial charge is 0.261 e. The molecule has 0 atom stereocenters. The maximum atomic E-state index is 12.4. The quantitative estimate of drug-likeness (QED) is 0.679. The van der Waals surface area contributed by atoms with Gasteiger partial charge in [-0.2, -0.15) is 10.4 Å². The average molecular weight is 320 g/mol. The summed E-state index contributed by atoms with van der Waals surface area (Å²) in [5, 5.41) is 20.8. The Hall–Kier alpha value is -3.11. The number of benzene rings is 1. The molecule has 1 aliphatic heterocycles. The Morgan fingerprint density at radius 1 is 1.29 bits per heavy atom. The molecule has 0 unspecified atom stereocenters. The van der Waals surface area contributed by atoms with Crippen LogP contribution in [0.4, 0.5) is 11.5 Å². The molecule has 120 valence electrons. The zero-order chi connectivity index (χ0) is 16.6. The minimum Gasteiger partial charge on any atom is -0.338 e. The van der Waals surface area contributed by atoms with Gasteiger partial charge >= 0.3 is 0 Å². The van der Waals surface area contributed by atoms with E-state index in [1.54, 1.807) is 6.20 Å². The Balaban J connectivity index is 1.89. The van der Waals surface area contributed by atoms with Crippen LogP contribution in [0.15, 0.2) is 47.4 Å². The number of para-hydroxylation sites is 1. The fourth-order valence-electron chi connectivity index (χ4n) is 3.10. The van der Waals surface area contributed by atoms with Gasteiger partial charge in [-0.1, -0.05) is 18.2 Å². The minimum absolute atomic E-state index is 0.198. The summed E-state index contributed by atoms with van der Waals surface area (Å²) in [4.78, 5) is 15.1. The Morgan fingerprint density at radius 2 is 2.08 bits per heavy atom. The molecule has 4 rings (SSSR count). The maximum Gasteiger partial charge on any atom is 0.261 e. The van der Waals surface area contributed by atoms with Gasteiger partial charge in [-0.15, -0.1) is 0 Å². The van der Waals surface area contributed by atoms with Crippen molar-refractivity contribution in [1.29, 1.82) is 5.26 Å². The molecule has 0 amide bonds. The number of aromatic nitrogens is 3. The van der Waals surface area contributed by atoms with Crippen molar-refractivity contribution in [2.75, 3.05) is 18.4 Å². The summed E-state index contributed by atoms with van der Waals surface area (Å²) in [7, 11) is 0. The predicted octanol–water partition coefficient (Wildman–Crippen LogP) is 1.68. The number of anilines is 2. The van der Waals surface area contributed by atoms with Gasteiger partial charge in [-0.3, -0.25) is 9.48 Å². The lowest BCUT2D eigenvalue weighted by Crippen LogP contribution is -2.60. The van der Waals surface area contributed by atoms with Crippen molar-refractivity contribution < 1.29 is 0 Å². The van der Waals surface area contributed by atoms with E-state index < -0.39 is 5.54 Å². The van der Waals surface area contributed by atoms with E-state index in [0.717, 1.165) is 11.2 Å². The lowest BCUT2D eigenvalue weighted by Gasteiger charge is -2.41. The zero-order valence-corrected chi connectivity index (χ0v) is 12.9. The van der Waals surface area contributed by atoms with Crippen molar-refractivity contribution in [3.8, 4) is 6.07 Å². The SMILES string of the molecule is N#CCC1(n2nc(Nc3ccccc3)c3c(=O)[nH]ccc32)CNC1. The Labute approximate surface area is 137 Å². The summed E-state index contributed by atoms with van der Waals surface area (Å²) < 4.78 is 1.82. The van der Waals surface area contributed by atoms with Gasteiger partial charge in [0.25, 0.3) is 5.56 Å². The Morgan fingerprint density at radius 3 is 2.75 bits per heavy atom. The lowest BCUT2D eigenvalue weighted by molar-refractivity contribution is 0.168.